The first-order chi connectivity index (χ1) is 12.4. The van der Waals surface area contributed by atoms with Crippen LogP contribution >= 0.6 is 0 Å². The van der Waals surface area contributed by atoms with Crippen molar-refractivity contribution in [1.29, 1.82) is 0 Å². The maximum absolute atomic E-state index is 12.8. The summed E-state index contributed by atoms with van der Waals surface area (Å²) in [6.07, 6.45) is 0. The number of amides is 1. The molecule has 0 bridgehead atoms. The summed E-state index contributed by atoms with van der Waals surface area (Å²) in [6.45, 7) is 1.77. The van der Waals surface area contributed by atoms with Crippen molar-refractivity contribution in [3.8, 4) is 0 Å². The van der Waals surface area contributed by atoms with Gasteiger partial charge in [-0.3, -0.25) is 4.79 Å². The zero-order valence-corrected chi connectivity index (χ0v) is 15.2. The molecule has 1 aliphatic heterocycles. The summed E-state index contributed by atoms with van der Waals surface area (Å²) in [7, 11) is -3.58. The van der Waals surface area contributed by atoms with Gasteiger partial charge in [0.05, 0.1) is 5.75 Å². The van der Waals surface area contributed by atoms with Crippen molar-refractivity contribution in [3.05, 3.63) is 71.3 Å². The minimum absolute atomic E-state index is 0.0657. The van der Waals surface area contributed by atoms with Gasteiger partial charge in [0.15, 0.2) is 0 Å². The van der Waals surface area contributed by atoms with Crippen LogP contribution in [-0.2, 0) is 15.8 Å². The summed E-state index contributed by atoms with van der Waals surface area (Å²) in [5, 5.41) is 5.05. The maximum atomic E-state index is 12.8. The molecule has 2 aromatic carbocycles. The molecule has 6 nitrogen and oxygen atoms in total. The number of sulfonamides is 1. The molecule has 2 atom stereocenters. The lowest BCUT2D eigenvalue weighted by Crippen LogP contribution is -2.29. The van der Waals surface area contributed by atoms with Crippen LogP contribution in [0.2, 0.25) is 0 Å². The summed E-state index contributed by atoms with van der Waals surface area (Å²) < 4.78 is 22.3. The molecule has 0 spiro atoms. The molecule has 0 aliphatic carbocycles. The molecule has 0 radical (unpaired) electrons. The van der Waals surface area contributed by atoms with Crippen molar-refractivity contribution < 1.29 is 13.2 Å². The van der Waals surface area contributed by atoms with Gasteiger partial charge in [-0.15, -0.1) is 0 Å². The zero-order valence-electron chi connectivity index (χ0n) is 14.4. The molecule has 26 heavy (non-hydrogen) atoms. The Morgan fingerprint density at radius 3 is 2.27 bits per heavy atom. The van der Waals surface area contributed by atoms with Gasteiger partial charge in [-0.25, -0.2) is 13.6 Å². The molecule has 1 heterocycles. The maximum Gasteiger partial charge on any atom is 0.253 e. The fourth-order valence-corrected chi connectivity index (χ4v) is 4.17. The molecule has 1 aliphatic rings. The Morgan fingerprint density at radius 1 is 1.04 bits per heavy atom. The number of nitrogens with two attached hydrogens (primary N) is 2. The Labute approximate surface area is 153 Å². The second kappa shape index (κ2) is 7.57. The van der Waals surface area contributed by atoms with Crippen LogP contribution in [0.3, 0.4) is 0 Å². The van der Waals surface area contributed by atoms with Gasteiger partial charge in [-0.2, -0.15) is 0 Å². The fraction of sp³-hybridized carbons (Fsp3) is 0.316. The number of carbonyl (C=O) groups is 1. The van der Waals surface area contributed by atoms with Gasteiger partial charge >= 0.3 is 0 Å². The smallest absolute Gasteiger partial charge is 0.253 e. The average Bonchev–Trinajstić information content (AvgIpc) is 3.05. The zero-order chi connectivity index (χ0) is 18.7. The predicted octanol–water partition coefficient (Wildman–Crippen LogP) is 1.29. The third kappa shape index (κ3) is 4.30. The first kappa shape index (κ1) is 18.6. The van der Waals surface area contributed by atoms with E-state index in [2.05, 4.69) is 12.1 Å². The summed E-state index contributed by atoms with van der Waals surface area (Å²) in [5.41, 5.74) is 8.23. The number of benzene rings is 2. The van der Waals surface area contributed by atoms with E-state index in [1.165, 1.54) is 5.56 Å². The molecule has 3 rings (SSSR count). The SMILES string of the molecule is NC[C@@H]1CN(C(=O)c2ccc(CS(N)(=O)=O)cc2)C[C@H]1c1ccccc1. The lowest BCUT2D eigenvalue weighted by molar-refractivity contribution is 0.0786. The van der Waals surface area contributed by atoms with Crippen molar-refractivity contribution in [3.63, 3.8) is 0 Å². The van der Waals surface area contributed by atoms with Crippen molar-refractivity contribution in [2.24, 2.45) is 16.8 Å². The van der Waals surface area contributed by atoms with Crippen LogP contribution in [0, 0.1) is 5.92 Å². The Morgan fingerprint density at radius 2 is 1.69 bits per heavy atom. The highest BCUT2D eigenvalue weighted by atomic mass is 32.2. The first-order valence-corrected chi connectivity index (χ1v) is 10.2. The molecule has 1 amide bonds. The highest BCUT2D eigenvalue weighted by Gasteiger charge is 2.35. The van der Waals surface area contributed by atoms with Gasteiger partial charge in [0.2, 0.25) is 10.0 Å². The van der Waals surface area contributed by atoms with E-state index in [0.717, 1.165) is 0 Å². The summed E-state index contributed by atoms with van der Waals surface area (Å²) in [6, 6.07) is 16.7. The second-order valence-corrected chi connectivity index (χ2v) is 8.34. The molecular formula is C19H23N3O3S. The monoisotopic (exact) mass is 373 g/mol. The third-order valence-electron chi connectivity index (χ3n) is 4.83. The number of likely N-dealkylation sites (tertiary alicyclic amines) is 1. The molecule has 138 valence electrons. The second-order valence-electron chi connectivity index (χ2n) is 6.73. The van der Waals surface area contributed by atoms with Crippen LogP contribution in [0.4, 0.5) is 0 Å². The third-order valence-corrected chi connectivity index (χ3v) is 5.56. The van der Waals surface area contributed by atoms with E-state index in [4.69, 9.17) is 10.9 Å². The molecule has 1 saturated heterocycles. The van der Waals surface area contributed by atoms with Crippen LogP contribution < -0.4 is 10.9 Å². The van der Waals surface area contributed by atoms with E-state index in [1.807, 2.05) is 23.1 Å². The standard InChI is InChI=1S/C19H23N3O3S/c20-10-17-11-22(12-18(17)15-4-2-1-3-5-15)19(23)16-8-6-14(7-9-16)13-26(21,24)25/h1-9,17-18H,10-13,20H2,(H2,21,24,25)/t17-,18+/m1/s1. The van der Waals surface area contributed by atoms with Crippen LogP contribution in [0.5, 0.6) is 0 Å². The quantitative estimate of drug-likeness (QED) is 0.823. The first-order valence-electron chi connectivity index (χ1n) is 8.51. The van der Waals surface area contributed by atoms with Crippen LogP contribution in [-0.4, -0.2) is 38.9 Å². The molecule has 2 aromatic rings. The van der Waals surface area contributed by atoms with Gasteiger partial charge < -0.3 is 10.6 Å². The number of carbonyl (C=O) groups excluding carboxylic acids is 1. The Kier molecular flexibility index (Phi) is 5.41. The number of primary sulfonamides is 1. The van der Waals surface area contributed by atoms with Gasteiger partial charge in [0.25, 0.3) is 5.91 Å². The van der Waals surface area contributed by atoms with E-state index >= 15 is 0 Å². The summed E-state index contributed by atoms with van der Waals surface area (Å²) >= 11 is 0. The fourth-order valence-electron chi connectivity index (χ4n) is 3.51. The van der Waals surface area contributed by atoms with Crippen LogP contribution in [0.25, 0.3) is 0 Å². The van der Waals surface area contributed by atoms with Gasteiger partial charge in [-0.1, -0.05) is 42.5 Å². The van der Waals surface area contributed by atoms with E-state index < -0.39 is 10.0 Å². The molecule has 1 fully saturated rings. The molecular weight excluding hydrogens is 350 g/mol. The van der Waals surface area contributed by atoms with Crippen molar-refractivity contribution in [2.75, 3.05) is 19.6 Å². The summed E-state index contributed by atoms with van der Waals surface area (Å²) in [4.78, 5) is 14.6. The lowest BCUT2D eigenvalue weighted by Gasteiger charge is -2.17. The van der Waals surface area contributed by atoms with E-state index in [1.54, 1.807) is 24.3 Å². The molecule has 4 N–H and O–H groups in total. The topological polar surface area (TPSA) is 106 Å². The number of hydrogen-bond acceptors (Lipinski definition) is 4. The molecule has 0 unspecified atom stereocenters. The van der Waals surface area contributed by atoms with Crippen molar-refractivity contribution in [2.45, 2.75) is 11.7 Å². The number of nitrogens with zero attached hydrogens (tertiary/aromatic N) is 1. The minimum Gasteiger partial charge on any atom is -0.338 e. The van der Waals surface area contributed by atoms with E-state index in [0.29, 0.717) is 30.8 Å². The summed E-state index contributed by atoms with van der Waals surface area (Å²) in [5.74, 6) is 0.148. The van der Waals surface area contributed by atoms with E-state index in [9.17, 15) is 13.2 Å². The van der Waals surface area contributed by atoms with Gasteiger partial charge in [0, 0.05) is 24.6 Å². The van der Waals surface area contributed by atoms with Gasteiger partial charge in [-0.05, 0) is 35.7 Å². The Hall–Kier alpha value is -2.22. The van der Waals surface area contributed by atoms with Gasteiger partial charge in [0.1, 0.15) is 0 Å². The minimum atomic E-state index is -3.58. The van der Waals surface area contributed by atoms with E-state index in [-0.39, 0.29) is 23.5 Å². The Balaban J connectivity index is 1.74. The van der Waals surface area contributed by atoms with Crippen LogP contribution in [0.15, 0.2) is 54.6 Å². The largest absolute Gasteiger partial charge is 0.338 e. The highest BCUT2D eigenvalue weighted by molar-refractivity contribution is 7.88. The van der Waals surface area contributed by atoms with Crippen molar-refractivity contribution >= 4 is 15.9 Å². The lowest BCUT2D eigenvalue weighted by atomic mass is 9.89. The normalized spacial score (nSPS) is 20.3. The highest BCUT2D eigenvalue weighted by Crippen LogP contribution is 2.32. The number of hydrogen-bond donors (Lipinski definition) is 2. The van der Waals surface area contributed by atoms with Crippen molar-refractivity contribution in [1.82, 2.24) is 4.90 Å². The average molecular weight is 373 g/mol. The van der Waals surface area contributed by atoms with Crippen LogP contribution in [0.1, 0.15) is 27.4 Å². The molecule has 7 heteroatoms. The Bertz CT molecular complexity index is 867. The number of rotatable bonds is 5. The predicted molar refractivity (Wildman–Crippen MR) is 101 cm³/mol. The molecule has 0 aromatic heterocycles. The molecule has 0 saturated carbocycles.